The second kappa shape index (κ2) is 7.35. The van der Waals surface area contributed by atoms with E-state index in [4.69, 9.17) is 0 Å². The van der Waals surface area contributed by atoms with Crippen LogP contribution in [0, 0.1) is 5.82 Å². The molecule has 19 heavy (non-hydrogen) atoms. The van der Waals surface area contributed by atoms with Gasteiger partial charge in [-0.25, -0.2) is 14.4 Å². The second-order valence-electron chi connectivity index (χ2n) is 4.71. The number of piperazine rings is 1. The van der Waals surface area contributed by atoms with Crippen LogP contribution in [0.5, 0.6) is 0 Å². The van der Waals surface area contributed by atoms with Crippen LogP contribution in [0.15, 0.2) is 6.33 Å². The third kappa shape index (κ3) is 4.11. The van der Waals surface area contributed by atoms with Gasteiger partial charge in [0.25, 0.3) is 0 Å². The first-order valence-corrected chi connectivity index (χ1v) is 6.97. The Balaban J connectivity index is 1.73. The first kappa shape index (κ1) is 14.1. The predicted molar refractivity (Wildman–Crippen MR) is 73.8 cm³/mol. The Morgan fingerprint density at radius 2 is 2.16 bits per heavy atom. The number of hydrogen-bond donors (Lipinski definition) is 2. The lowest BCUT2D eigenvalue weighted by Gasteiger charge is -2.27. The summed E-state index contributed by atoms with van der Waals surface area (Å²) >= 11 is 0. The monoisotopic (exact) mass is 267 g/mol. The van der Waals surface area contributed by atoms with Crippen molar-refractivity contribution >= 4 is 5.82 Å². The molecule has 0 unspecified atom stereocenters. The predicted octanol–water partition coefficient (Wildman–Crippen LogP) is 0.885. The van der Waals surface area contributed by atoms with Crippen molar-refractivity contribution in [2.45, 2.75) is 19.8 Å². The highest BCUT2D eigenvalue weighted by Gasteiger charge is 2.10. The minimum Gasteiger partial charge on any atom is -0.367 e. The van der Waals surface area contributed by atoms with Crippen molar-refractivity contribution < 1.29 is 4.39 Å². The zero-order chi connectivity index (χ0) is 13.5. The maximum Gasteiger partial charge on any atom is 0.186 e. The first-order chi connectivity index (χ1) is 9.31. The molecule has 1 aliphatic heterocycles. The van der Waals surface area contributed by atoms with Crippen molar-refractivity contribution in [3.63, 3.8) is 0 Å². The standard InChI is InChI=1S/C13H22FN5/c1-2-11-12(14)13(18-10-17-11)16-4-3-7-19-8-5-15-6-9-19/h10,15H,2-9H2,1H3,(H,16,17,18). The summed E-state index contributed by atoms with van der Waals surface area (Å²) in [5, 5.41) is 6.39. The lowest BCUT2D eigenvalue weighted by atomic mass is 10.3. The molecular formula is C13H22FN5. The molecule has 0 atom stereocenters. The van der Waals surface area contributed by atoms with Gasteiger partial charge in [0.2, 0.25) is 0 Å². The normalized spacial score (nSPS) is 16.5. The van der Waals surface area contributed by atoms with Crippen molar-refractivity contribution in [2.24, 2.45) is 0 Å². The molecule has 1 aromatic rings. The van der Waals surface area contributed by atoms with Crippen LogP contribution in [0.2, 0.25) is 0 Å². The maximum absolute atomic E-state index is 13.8. The highest BCUT2D eigenvalue weighted by molar-refractivity contribution is 5.37. The molecule has 2 heterocycles. The molecule has 1 fully saturated rings. The lowest BCUT2D eigenvalue weighted by Crippen LogP contribution is -2.44. The van der Waals surface area contributed by atoms with E-state index in [1.54, 1.807) is 0 Å². The van der Waals surface area contributed by atoms with Crippen LogP contribution in [0.25, 0.3) is 0 Å². The Labute approximate surface area is 113 Å². The van der Waals surface area contributed by atoms with Gasteiger partial charge in [-0.1, -0.05) is 6.92 Å². The molecule has 0 amide bonds. The van der Waals surface area contributed by atoms with Crippen molar-refractivity contribution in [3.8, 4) is 0 Å². The third-order valence-electron chi connectivity index (χ3n) is 3.35. The van der Waals surface area contributed by atoms with Gasteiger partial charge in [0.05, 0.1) is 5.69 Å². The van der Waals surface area contributed by atoms with Gasteiger partial charge in [0, 0.05) is 32.7 Å². The average molecular weight is 267 g/mol. The van der Waals surface area contributed by atoms with E-state index < -0.39 is 0 Å². The van der Waals surface area contributed by atoms with E-state index in [1.807, 2.05) is 6.92 Å². The quantitative estimate of drug-likeness (QED) is 0.750. The fraction of sp³-hybridized carbons (Fsp3) is 0.692. The molecule has 0 saturated carbocycles. The number of anilines is 1. The number of rotatable bonds is 6. The SMILES string of the molecule is CCc1ncnc(NCCCN2CCNCC2)c1F. The molecule has 0 radical (unpaired) electrons. The van der Waals surface area contributed by atoms with Crippen molar-refractivity contribution in [1.82, 2.24) is 20.2 Å². The van der Waals surface area contributed by atoms with Crippen LogP contribution < -0.4 is 10.6 Å². The largest absolute Gasteiger partial charge is 0.367 e. The highest BCUT2D eigenvalue weighted by Crippen LogP contribution is 2.12. The molecule has 6 heteroatoms. The van der Waals surface area contributed by atoms with E-state index in [0.717, 1.165) is 45.7 Å². The molecule has 1 aromatic heterocycles. The second-order valence-corrected chi connectivity index (χ2v) is 4.71. The molecule has 106 valence electrons. The van der Waals surface area contributed by atoms with E-state index >= 15 is 0 Å². The molecule has 0 bridgehead atoms. The molecule has 1 saturated heterocycles. The van der Waals surface area contributed by atoms with Crippen LogP contribution >= 0.6 is 0 Å². The number of hydrogen-bond acceptors (Lipinski definition) is 5. The molecule has 0 aromatic carbocycles. The van der Waals surface area contributed by atoms with Gasteiger partial charge in [-0.2, -0.15) is 0 Å². The number of aromatic nitrogens is 2. The number of nitrogens with zero attached hydrogens (tertiary/aromatic N) is 3. The van der Waals surface area contributed by atoms with E-state index in [1.165, 1.54) is 6.33 Å². The van der Waals surface area contributed by atoms with Gasteiger partial charge in [-0.05, 0) is 19.4 Å². The minimum atomic E-state index is -0.313. The molecule has 2 N–H and O–H groups in total. The fourth-order valence-corrected chi connectivity index (χ4v) is 2.22. The molecule has 2 rings (SSSR count). The molecule has 5 nitrogen and oxygen atoms in total. The highest BCUT2D eigenvalue weighted by atomic mass is 19.1. The lowest BCUT2D eigenvalue weighted by molar-refractivity contribution is 0.240. The molecule has 0 spiro atoms. The summed E-state index contributed by atoms with van der Waals surface area (Å²) in [6, 6.07) is 0. The molecule has 0 aliphatic carbocycles. The smallest absolute Gasteiger partial charge is 0.186 e. The van der Waals surface area contributed by atoms with E-state index in [0.29, 0.717) is 17.9 Å². The minimum absolute atomic E-state index is 0.313. The summed E-state index contributed by atoms with van der Waals surface area (Å²) in [7, 11) is 0. The van der Waals surface area contributed by atoms with Crippen LogP contribution in [0.4, 0.5) is 10.2 Å². The third-order valence-corrected chi connectivity index (χ3v) is 3.35. The number of nitrogens with one attached hydrogen (secondary N) is 2. The van der Waals surface area contributed by atoms with E-state index in [-0.39, 0.29) is 5.82 Å². The van der Waals surface area contributed by atoms with Gasteiger partial charge in [-0.15, -0.1) is 0 Å². The van der Waals surface area contributed by atoms with Crippen LogP contribution in [-0.4, -0.2) is 54.1 Å². The van der Waals surface area contributed by atoms with Crippen molar-refractivity contribution in [3.05, 3.63) is 17.8 Å². The zero-order valence-electron chi connectivity index (χ0n) is 11.5. The van der Waals surface area contributed by atoms with Crippen molar-refractivity contribution in [2.75, 3.05) is 44.6 Å². The van der Waals surface area contributed by atoms with Crippen LogP contribution in [0.3, 0.4) is 0 Å². The Morgan fingerprint density at radius 1 is 1.37 bits per heavy atom. The van der Waals surface area contributed by atoms with E-state index in [2.05, 4.69) is 25.5 Å². The summed E-state index contributed by atoms with van der Waals surface area (Å²) in [5.41, 5.74) is 0.472. The topological polar surface area (TPSA) is 53.1 Å². The summed E-state index contributed by atoms with van der Waals surface area (Å²) in [6.45, 7) is 7.99. The summed E-state index contributed by atoms with van der Waals surface area (Å²) < 4.78 is 13.8. The van der Waals surface area contributed by atoms with Crippen LogP contribution in [-0.2, 0) is 6.42 Å². The maximum atomic E-state index is 13.8. The number of aryl methyl sites for hydroxylation is 1. The molecular weight excluding hydrogens is 245 g/mol. The Morgan fingerprint density at radius 3 is 2.89 bits per heavy atom. The average Bonchev–Trinajstić information content (AvgIpc) is 2.46. The fourth-order valence-electron chi connectivity index (χ4n) is 2.22. The Hall–Kier alpha value is -1.27. The van der Waals surface area contributed by atoms with Gasteiger partial charge < -0.3 is 15.5 Å². The summed E-state index contributed by atoms with van der Waals surface area (Å²) in [6.07, 6.45) is 3.00. The first-order valence-electron chi connectivity index (χ1n) is 6.97. The Kier molecular flexibility index (Phi) is 5.47. The number of halogens is 1. The van der Waals surface area contributed by atoms with Gasteiger partial charge in [0.1, 0.15) is 6.33 Å². The Bertz CT molecular complexity index is 393. The van der Waals surface area contributed by atoms with Gasteiger partial charge in [-0.3, -0.25) is 0 Å². The van der Waals surface area contributed by atoms with Gasteiger partial charge in [0.15, 0.2) is 11.6 Å². The summed E-state index contributed by atoms with van der Waals surface area (Å²) in [4.78, 5) is 10.3. The van der Waals surface area contributed by atoms with Crippen molar-refractivity contribution in [1.29, 1.82) is 0 Å². The van der Waals surface area contributed by atoms with Gasteiger partial charge >= 0.3 is 0 Å². The van der Waals surface area contributed by atoms with Crippen LogP contribution in [0.1, 0.15) is 19.0 Å². The molecule has 1 aliphatic rings. The summed E-state index contributed by atoms with van der Waals surface area (Å²) in [5.74, 6) is 0.0133. The zero-order valence-corrected chi connectivity index (χ0v) is 11.5. The van der Waals surface area contributed by atoms with E-state index in [9.17, 15) is 4.39 Å².